The molecule has 2 saturated heterocycles. The van der Waals surface area contributed by atoms with Crippen LogP contribution in [0.2, 0.25) is 0 Å². The van der Waals surface area contributed by atoms with Crippen molar-refractivity contribution in [2.24, 2.45) is 5.92 Å². The lowest BCUT2D eigenvalue weighted by Crippen LogP contribution is -2.41. The van der Waals surface area contributed by atoms with Crippen molar-refractivity contribution in [3.05, 3.63) is 77.2 Å². The van der Waals surface area contributed by atoms with Crippen LogP contribution in [0.5, 0.6) is 0 Å². The summed E-state index contributed by atoms with van der Waals surface area (Å²) < 4.78 is 6.06. The first-order valence-corrected chi connectivity index (χ1v) is 15.0. The molecule has 6 nitrogen and oxygen atoms in total. The van der Waals surface area contributed by atoms with Gasteiger partial charge >= 0.3 is 0 Å². The lowest BCUT2D eigenvalue weighted by Gasteiger charge is -2.30. The van der Waals surface area contributed by atoms with Gasteiger partial charge in [0.05, 0.1) is 5.69 Å². The van der Waals surface area contributed by atoms with E-state index in [2.05, 4.69) is 63.6 Å². The van der Waals surface area contributed by atoms with Gasteiger partial charge in [-0.15, -0.1) is 0 Å². The van der Waals surface area contributed by atoms with Crippen LogP contribution in [0.3, 0.4) is 0 Å². The molecule has 2 aromatic carbocycles. The predicted molar refractivity (Wildman–Crippen MR) is 156 cm³/mol. The molecule has 1 N–H and O–H groups in total. The van der Waals surface area contributed by atoms with E-state index in [1.54, 1.807) is 0 Å². The minimum Gasteiger partial charge on any atom is -0.441 e. The highest BCUT2D eigenvalue weighted by atomic mass is 16.4. The number of piperidine rings is 1. The van der Waals surface area contributed by atoms with E-state index in [-0.39, 0.29) is 11.8 Å². The molecule has 0 spiro atoms. The third-order valence-electron chi connectivity index (χ3n) is 8.33. The summed E-state index contributed by atoms with van der Waals surface area (Å²) in [5, 5.41) is 3.21. The molecule has 39 heavy (non-hydrogen) atoms. The number of oxazole rings is 1. The maximum atomic E-state index is 12.7. The number of hydrogen-bond acceptors (Lipinski definition) is 5. The largest absolute Gasteiger partial charge is 0.441 e. The third-order valence-corrected chi connectivity index (χ3v) is 8.33. The van der Waals surface area contributed by atoms with Gasteiger partial charge < -0.3 is 14.6 Å². The molecule has 0 atom stereocenters. The molecule has 3 aromatic rings. The summed E-state index contributed by atoms with van der Waals surface area (Å²) in [6.45, 7) is 8.95. The molecule has 0 aliphatic carbocycles. The maximum Gasteiger partial charge on any atom is 0.226 e. The van der Waals surface area contributed by atoms with Crippen molar-refractivity contribution < 1.29 is 9.21 Å². The van der Waals surface area contributed by atoms with E-state index in [4.69, 9.17) is 9.40 Å². The Bertz CT molecular complexity index is 1160. The zero-order valence-corrected chi connectivity index (χ0v) is 23.5. The molecule has 3 heterocycles. The Morgan fingerprint density at radius 1 is 0.897 bits per heavy atom. The lowest BCUT2D eigenvalue weighted by molar-refractivity contribution is -0.126. The number of nitrogens with zero attached hydrogens (tertiary/aromatic N) is 3. The molecule has 1 aromatic heterocycles. The molecular formula is C33H44N4O2. The first-order valence-electron chi connectivity index (χ1n) is 15.0. The number of amides is 1. The molecule has 2 aliphatic heterocycles. The highest BCUT2D eigenvalue weighted by Gasteiger charge is 2.26. The second-order valence-corrected chi connectivity index (χ2v) is 11.3. The topological polar surface area (TPSA) is 61.6 Å². The van der Waals surface area contributed by atoms with Crippen molar-refractivity contribution in [1.82, 2.24) is 20.1 Å². The second kappa shape index (κ2) is 13.9. The summed E-state index contributed by atoms with van der Waals surface area (Å²) in [5.74, 6) is 1.93. The van der Waals surface area contributed by atoms with Crippen LogP contribution in [0.1, 0.15) is 67.5 Å². The fourth-order valence-corrected chi connectivity index (χ4v) is 5.88. The summed E-state index contributed by atoms with van der Waals surface area (Å²) in [6, 6.07) is 19.0. The molecule has 0 radical (unpaired) electrons. The summed E-state index contributed by atoms with van der Waals surface area (Å²) in [4.78, 5) is 22.6. The molecule has 0 unspecified atom stereocenters. The molecular weight excluding hydrogens is 484 g/mol. The summed E-state index contributed by atoms with van der Waals surface area (Å²) >= 11 is 0. The Kier molecular flexibility index (Phi) is 9.84. The van der Waals surface area contributed by atoms with Crippen LogP contribution in [0.15, 0.2) is 59.0 Å². The van der Waals surface area contributed by atoms with Crippen LogP contribution in [-0.4, -0.2) is 60.0 Å². The van der Waals surface area contributed by atoms with E-state index in [1.807, 2.05) is 13.0 Å². The van der Waals surface area contributed by atoms with Crippen LogP contribution in [0.4, 0.5) is 0 Å². The number of hydrogen-bond donors (Lipinski definition) is 1. The first kappa shape index (κ1) is 27.6. The van der Waals surface area contributed by atoms with Crippen molar-refractivity contribution in [2.45, 2.75) is 64.8 Å². The molecule has 6 heteroatoms. The van der Waals surface area contributed by atoms with Crippen molar-refractivity contribution in [3.8, 4) is 11.5 Å². The molecule has 1 amide bonds. The van der Waals surface area contributed by atoms with E-state index in [0.29, 0.717) is 5.89 Å². The minimum atomic E-state index is 0.128. The Morgan fingerprint density at radius 2 is 1.59 bits per heavy atom. The van der Waals surface area contributed by atoms with E-state index in [1.165, 1.54) is 49.9 Å². The number of nitrogens with one attached hydrogen (secondary N) is 1. The van der Waals surface area contributed by atoms with Gasteiger partial charge in [0.15, 0.2) is 0 Å². The third kappa shape index (κ3) is 8.02. The number of carbonyl (C=O) groups excluding carboxylic acids is 1. The molecule has 0 saturated carbocycles. The van der Waals surface area contributed by atoms with Gasteiger partial charge in [-0.25, -0.2) is 4.98 Å². The number of benzene rings is 2. The van der Waals surface area contributed by atoms with E-state index in [9.17, 15) is 4.79 Å². The van der Waals surface area contributed by atoms with Gasteiger partial charge in [-0.1, -0.05) is 55.3 Å². The smallest absolute Gasteiger partial charge is 0.226 e. The van der Waals surface area contributed by atoms with Gasteiger partial charge in [0.2, 0.25) is 11.8 Å². The van der Waals surface area contributed by atoms with E-state index < -0.39 is 0 Å². The SMILES string of the molecule is Cc1oc(-c2ccc(Cc3ccccc3)cc2)nc1CN1CCC(C(=O)NCCCN2CCCCCC2)CC1. The molecule has 2 fully saturated rings. The highest BCUT2D eigenvalue weighted by molar-refractivity contribution is 5.78. The van der Waals surface area contributed by atoms with Crippen molar-refractivity contribution in [2.75, 3.05) is 39.3 Å². The van der Waals surface area contributed by atoms with Crippen molar-refractivity contribution in [3.63, 3.8) is 0 Å². The monoisotopic (exact) mass is 528 g/mol. The number of rotatable bonds is 10. The lowest BCUT2D eigenvalue weighted by atomic mass is 9.95. The zero-order valence-electron chi connectivity index (χ0n) is 23.5. The van der Waals surface area contributed by atoms with Gasteiger partial charge in [0.25, 0.3) is 0 Å². The number of aromatic nitrogens is 1. The highest BCUT2D eigenvalue weighted by Crippen LogP contribution is 2.25. The van der Waals surface area contributed by atoms with Crippen LogP contribution < -0.4 is 5.32 Å². The Labute approximate surface area is 233 Å². The minimum absolute atomic E-state index is 0.128. The van der Waals surface area contributed by atoms with Gasteiger partial charge in [-0.05, 0) is 101 Å². The summed E-state index contributed by atoms with van der Waals surface area (Å²) in [5.41, 5.74) is 4.59. The van der Waals surface area contributed by atoms with E-state index >= 15 is 0 Å². The van der Waals surface area contributed by atoms with Crippen molar-refractivity contribution >= 4 is 5.91 Å². The normalized spacial score (nSPS) is 17.7. The van der Waals surface area contributed by atoms with Gasteiger partial charge in [-0.2, -0.15) is 0 Å². The average molecular weight is 529 g/mol. The second-order valence-electron chi connectivity index (χ2n) is 11.3. The molecule has 2 aliphatic rings. The number of carbonyl (C=O) groups is 1. The van der Waals surface area contributed by atoms with Gasteiger partial charge in [-0.3, -0.25) is 9.69 Å². The first-order chi connectivity index (χ1) is 19.1. The maximum absolute atomic E-state index is 12.7. The predicted octanol–water partition coefficient (Wildman–Crippen LogP) is 5.84. The number of likely N-dealkylation sites (tertiary alicyclic amines) is 2. The van der Waals surface area contributed by atoms with Crippen LogP contribution in [0.25, 0.3) is 11.5 Å². The molecule has 208 valence electrons. The Hall–Kier alpha value is -2.96. The van der Waals surface area contributed by atoms with Crippen LogP contribution in [-0.2, 0) is 17.8 Å². The Morgan fingerprint density at radius 3 is 2.31 bits per heavy atom. The van der Waals surface area contributed by atoms with Gasteiger partial charge in [0, 0.05) is 24.6 Å². The number of aryl methyl sites for hydroxylation is 1. The quantitative estimate of drug-likeness (QED) is 0.335. The average Bonchev–Trinajstić information content (AvgIpc) is 3.14. The zero-order chi connectivity index (χ0) is 26.9. The fourth-order valence-electron chi connectivity index (χ4n) is 5.88. The van der Waals surface area contributed by atoms with Crippen molar-refractivity contribution in [1.29, 1.82) is 0 Å². The van der Waals surface area contributed by atoms with Crippen LogP contribution >= 0.6 is 0 Å². The fraction of sp³-hybridized carbons (Fsp3) is 0.515. The molecule has 5 rings (SSSR count). The Balaban J connectivity index is 1.05. The standard InChI is InChI=1S/C33H44N4O2/c1-26-31(35-33(39-26)30-14-12-28(13-15-30)24-27-10-5-4-6-11-27)25-37-22-16-29(17-23-37)32(38)34-18-9-21-36-19-7-2-3-8-20-36/h4-6,10-15,29H,2-3,7-9,16-25H2,1H3,(H,34,38). The summed E-state index contributed by atoms with van der Waals surface area (Å²) in [7, 11) is 0. The van der Waals surface area contributed by atoms with E-state index in [0.717, 1.165) is 75.4 Å². The van der Waals surface area contributed by atoms with Gasteiger partial charge in [0.1, 0.15) is 5.76 Å². The molecule has 0 bridgehead atoms. The van der Waals surface area contributed by atoms with Crippen LogP contribution in [0, 0.1) is 12.8 Å². The summed E-state index contributed by atoms with van der Waals surface area (Å²) in [6.07, 6.45) is 9.16.